The topological polar surface area (TPSA) is 46.2 Å². The van der Waals surface area contributed by atoms with Crippen molar-refractivity contribution in [2.75, 3.05) is 0 Å². The van der Waals surface area contributed by atoms with Gasteiger partial charge in [-0.2, -0.15) is 0 Å². The van der Waals surface area contributed by atoms with Crippen LogP contribution >= 0.6 is 0 Å². The first-order valence-electron chi connectivity index (χ1n) is 6.98. The molecule has 0 aliphatic heterocycles. The van der Waals surface area contributed by atoms with Gasteiger partial charge in [-0.1, -0.05) is 33.8 Å². The smallest absolute Gasteiger partial charge is 0.115 e. The van der Waals surface area contributed by atoms with Crippen molar-refractivity contribution < 1.29 is 5.11 Å². The summed E-state index contributed by atoms with van der Waals surface area (Å²) in [4.78, 5) is 0. The molecule has 0 aromatic heterocycles. The van der Waals surface area contributed by atoms with Crippen LogP contribution in [-0.4, -0.2) is 5.11 Å². The summed E-state index contributed by atoms with van der Waals surface area (Å²) in [6, 6.07) is 5.68. The fraction of sp³-hybridized carbons (Fsp3) is 0.625. The molecule has 0 amide bonds. The van der Waals surface area contributed by atoms with Crippen LogP contribution in [0.25, 0.3) is 0 Å². The van der Waals surface area contributed by atoms with E-state index in [2.05, 4.69) is 27.7 Å². The van der Waals surface area contributed by atoms with Crippen molar-refractivity contribution in [2.45, 2.75) is 46.1 Å². The van der Waals surface area contributed by atoms with Crippen LogP contribution in [0.4, 0.5) is 0 Å². The van der Waals surface area contributed by atoms with E-state index < -0.39 is 0 Å². The summed E-state index contributed by atoms with van der Waals surface area (Å²) in [7, 11) is 0. The van der Waals surface area contributed by atoms with E-state index in [0.717, 1.165) is 18.4 Å². The Morgan fingerprint density at radius 1 is 1.28 bits per heavy atom. The average molecular weight is 247 g/mol. The molecule has 2 atom stereocenters. The van der Waals surface area contributed by atoms with E-state index in [-0.39, 0.29) is 5.54 Å². The van der Waals surface area contributed by atoms with Gasteiger partial charge in [-0.25, -0.2) is 0 Å². The van der Waals surface area contributed by atoms with Gasteiger partial charge in [0.15, 0.2) is 0 Å². The number of fused-ring (bicyclic) bond motifs is 1. The highest BCUT2D eigenvalue weighted by Gasteiger charge is 2.44. The average Bonchev–Trinajstić information content (AvgIpc) is 2.29. The van der Waals surface area contributed by atoms with Crippen LogP contribution < -0.4 is 5.73 Å². The Labute approximate surface area is 110 Å². The number of phenols is 1. The van der Waals surface area contributed by atoms with E-state index in [1.54, 1.807) is 6.07 Å². The molecule has 0 fully saturated rings. The molecule has 100 valence electrons. The fourth-order valence-corrected chi connectivity index (χ4v) is 3.56. The van der Waals surface area contributed by atoms with Gasteiger partial charge in [0.25, 0.3) is 0 Å². The van der Waals surface area contributed by atoms with E-state index >= 15 is 0 Å². The molecule has 0 saturated heterocycles. The minimum atomic E-state index is -0.319. The molecule has 0 bridgehead atoms. The first-order chi connectivity index (χ1) is 8.37. The minimum absolute atomic E-state index is 0.319. The summed E-state index contributed by atoms with van der Waals surface area (Å²) in [6.07, 6.45) is 2.22. The van der Waals surface area contributed by atoms with Gasteiger partial charge in [-0.3, -0.25) is 0 Å². The van der Waals surface area contributed by atoms with Crippen molar-refractivity contribution in [3.63, 3.8) is 0 Å². The van der Waals surface area contributed by atoms with Gasteiger partial charge in [-0.15, -0.1) is 0 Å². The molecule has 0 spiro atoms. The van der Waals surface area contributed by atoms with Gasteiger partial charge in [0, 0.05) is 5.54 Å². The number of hydrogen-bond donors (Lipinski definition) is 2. The Morgan fingerprint density at radius 3 is 2.50 bits per heavy atom. The third-order valence-corrected chi connectivity index (χ3v) is 4.66. The number of aromatic hydroxyl groups is 1. The Bertz CT molecular complexity index is 439. The molecule has 2 unspecified atom stereocenters. The van der Waals surface area contributed by atoms with E-state index in [9.17, 15) is 5.11 Å². The van der Waals surface area contributed by atoms with Crippen molar-refractivity contribution in [3.05, 3.63) is 29.3 Å². The largest absolute Gasteiger partial charge is 0.508 e. The van der Waals surface area contributed by atoms with Crippen LogP contribution in [0.5, 0.6) is 5.75 Å². The van der Waals surface area contributed by atoms with Crippen LogP contribution in [0, 0.1) is 17.8 Å². The van der Waals surface area contributed by atoms with Gasteiger partial charge in [0.1, 0.15) is 5.75 Å². The zero-order valence-electron chi connectivity index (χ0n) is 11.9. The van der Waals surface area contributed by atoms with Crippen LogP contribution in [0.2, 0.25) is 0 Å². The normalized spacial score (nSPS) is 27.6. The number of aryl methyl sites for hydroxylation is 1. The zero-order chi connectivity index (χ0) is 13.5. The Hall–Kier alpha value is -1.02. The molecule has 2 nitrogen and oxygen atoms in total. The van der Waals surface area contributed by atoms with E-state index in [1.165, 1.54) is 5.56 Å². The summed E-state index contributed by atoms with van der Waals surface area (Å²) >= 11 is 0. The summed E-state index contributed by atoms with van der Waals surface area (Å²) < 4.78 is 0. The van der Waals surface area contributed by atoms with Gasteiger partial charge in [-0.05, 0) is 53.9 Å². The van der Waals surface area contributed by atoms with Crippen molar-refractivity contribution >= 4 is 0 Å². The third kappa shape index (κ3) is 1.93. The van der Waals surface area contributed by atoms with Gasteiger partial charge >= 0.3 is 0 Å². The van der Waals surface area contributed by atoms with Crippen LogP contribution in [0.1, 0.15) is 45.2 Å². The van der Waals surface area contributed by atoms with Crippen LogP contribution in [0.3, 0.4) is 0 Å². The second-order valence-corrected chi connectivity index (χ2v) is 6.32. The lowest BCUT2D eigenvalue weighted by atomic mass is 9.61. The maximum Gasteiger partial charge on any atom is 0.115 e. The molecule has 1 aliphatic carbocycles. The maximum absolute atomic E-state index is 9.77. The number of benzene rings is 1. The standard InChI is InChI=1S/C16H25NO/c1-10(2)14-8-6-12-5-7-13(18)9-15(12)16(14,17)11(3)4/h5,7,9-11,14,18H,6,8,17H2,1-4H3. The molecule has 0 radical (unpaired) electrons. The summed E-state index contributed by atoms with van der Waals surface area (Å²) in [5.41, 5.74) is 8.96. The van der Waals surface area contributed by atoms with E-state index in [0.29, 0.717) is 23.5 Å². The second-order valence-electron chi connectivity index (χ2n) is 6.32. The molecular weight excluding hydrogens is 222 g/mol. The summed E-state index contributed by atoms with van der Waals surface area (Å²) in [5, 5.41) is 9.77. The van der Waals surface area contributed by atoms with Crippen molar-refractivity contribution in [1.29, 1.82) is 0 Å². The highest BCUT2D eigenvalue weighted by molar-refractivity contribution is 5.42. The first-order valence-corrected chi connectivity index (χ1v) is 6.98. The quantitative estimate of drug-likeness (QED) is 0.841. The fourth-order valence-electron chi connectivity index (χ4n) is 3.56. The van der Waals surface area contributed by atoms with Gasteiger partial charge in [0.2, 0.25) is 0 Å². The Kier molecular flexibility index (Phi) is 3.41. The molecule has 3 N–H and O–H groups in total. The molecule has 1 aromatic carbocycles. The molecule has 0 saturated carbocycles. The highest BCUT2D eigenvalue weighted by atomic mass is 16.3. The molecule has 1 aromatic rings. The zero-order valence-corrected chi connectivity index (χ0v) is 11.9. The monoisotopic (exact) mass is 247 g/mol. The first kappa shape index (κ1) is 13.4. The number of hydrogen-bond acceptors (Lipinski definition) is 2. The molecular formula is C16H25NO. The van der Waals surface area contributed by atoms with Gasteiger partial charge in [0.05, 0.1) is 0 Å². The molecule has 1 aliphatic rings. The molecule has 2 heteroatoms. The lowest BCUT2D eigenvalue weighted by molar-refractivity contribution is 0.127. The molecule has 0 heterocycles. The van der Waals surface area contributed by atoms with E-state index in [1.807, 2.05) is 12.1 Å². The molecule has 18 heavy (non-hydrogen) atoms. The minimum Gasteiger partial charge on any atom is -0.508 e. The summed E-state index contributed by atoms with van der Waals surface area (Å²) in [5.74, 6) is 1.74. The predicted molar refractivity (Wildman–Crippen MR) is 75.5 cm³/mol. The summed E-state index contributed by atoms with van der Waals surface area (Å²) in [6.45, 7) is 8.88. The SMILES string of the molecule is CC(C)C1CCc2ccc(O)cc2C1(N)C(C)C. The number of nitrogens with two attached hydrogens (primary N) is 1. The van der Waals surface area contributed by atoms with Crippen LogP contribution in [-0.2, 0) is 12.0 Å². The number of phenolic OH excluding ortho intramolecular Hbond substituents is 1. The van der Waals surface area contributed by atoms with Crippen molar-refractivity contribution in [2.24, 2.45) is 23.5 Å². The van der Waals surface area contributed by atoms with Crippen molar-refractivity contribution in [1.82, 2.24) is 0 Å². The second kappa shape index (κ2) is 4.58. The Balaban J connectivity index is 2.58. The van der Waals surface area contributed by atoms with Crippen LogP contribution in [0.15, 0.2) is 18.2 Å². The molecule has 2 rings (SSSR count). The Morgan fingerprint density at radius 2 is 1.94 bits per heavy atom. The predicted octanol–water partition coefficient (Wildman–Crippen LogP) is 3.42. The van der Waals surface area contributed by atoms with E-state index in [4.69, 9.17) is 5.73 Å². The highest BCUT2D eigenvalue weighted by Crippen LogP contribution is 2.46. The third-order valence-electron chi connectivity index (χ3n) is 4.66. The van der Waals surface area contributed by atoms with Gasteiger partial charge < -0.3 is 10.8 Å². The lowest BCUT2D eigenvalue weighted by Crippen LogP contribution is -2.53. The van der Waals surface area contributed by atoms with Crippen molar-refractivity contribution in [3.8, 4) is 5.75 Å². The number of rotatable bonds is 2. The lowest BCUT2D eigenvalue weighted by Gasteiger charge is -2.47. The maximum atomic E-state index is 9.77.